The molecular weight excluding hydrogens is 330 g/mol. The Bertz CT molecular complexity index is 1060. The van der Waals surface area contributed by atoms with Crippen molar-refractivity contribution in [2.45, 2.75) is 6.61 Å². The number of nitrogen functional groups attached to an aromatic ring is 1. The standard InChI is InChI=1S/C19H15N5O2/c20-18-15-4-1-2-5-16(15)22-17(23-18)12-26-19(25)13-6-8-14(9-7-13)24-11-3-10-21-24/h1-11H,12H2,(H2,20,22,23). The van der Waals surface area contributed by atoms with E-state index in [9.17, 15) is 4.79 Å². The van der Waals surface area contributed by atoms with Gasteiger partial charge in [-0.3, -0.25) is 0 Å². The number of benzene rings is 2. The molecule has 0 aliphatic rings. The molecule has 0 aliphatic heterocycles. The summed E-state index contributed by atoms with van der Waals surface area (Å²) in [6.07, 6.45) is 3.52. The smallest absolute Gasteiger partial charge is 0.338 e. The molecule has 7 nitrogen and oxygen atoms in total. The highest BCUT2D eigenvalue weighted by atomic mass is 16.5. The van der Waals surface area contributed by atoms with Gasteiger partial charge in [0.05, 0.1) is 16.8 Å². The maximum absolute atomic E-state index is 12.2. The molecule has 2 N–H and O–H groups in total. The van der Waals surface area contributed by atoms with Crippen molar-refractivity contribution in [2.24, 2.45) is 0 Å². The lowest BCUT2D eigenvalue weighted by Crippen LogP contribution is -2.09. The molecule has 0 spiro atoms. The largest absolute Gasteiger partial charge is 0.454 e. The van der Waals surface area contributed by atoms with Gasteiger partial charge < -0.3 is 10.5 Å². The molecule has 0 fully saturated rings. The molecule has 0 amide bonds. The van der Waals surface area contributed by atoms with Crippen LogP contribution in [-0.2, 0) is 11.3 Å². The van der Waals surface area contributed by atoms with Crippen LogP contribution in [0.25, 0.3) is 16.6 Å². The van der Waals surface area contributed by atoms with E-state index in [-0.39, 0.29) is 6.61 Å². The van der Waals surface area contributed by atoms with Gasteiger partial charge in [-0.15, -0.1) is 0 Å². The van der Waals surface area contributed by atoms with Gasteiger partial charge in [0.1, 0.15) is 5.82 Å². The zero-order valence-electron chi connectivity index (χ0n) is 13.7. The highest BCUT2D eigenvalue weighted by molar-refractivity contribution is 5.90. The molecule has 26 heavy (non-hydrogen) atoms. The minimum atomic E-state index is -0.452. The van der Waals surface area contributed by atoms with Gasteiger partial charge in [0, 0.05) is 17.8 Å². The second-order valence-corrected chi connectivity index (χ2v) is 5.62. The topological polar surface area (TPSA) is 95.9 Å². The van der Waals surface area contributed by atoms with Crippen molar-refractivity contribution in [1.82, 2.24) is 19.7 Å². The molecule has 0 saturated carbocycles. The Morgan fingerprint density at radius 3 is 2.62 bits per heavy atom. The first kappa shape index (κ1) is 15.8. The lowest BCUT2D eigenvalue weighted by atomic mass is 10.2. The summed E-state index contributed by atoms with van der Waals surface area (Å²) in [5, 5.41) is 4.92. The number of para-hydroxylation sites is 1. The monoisotopic (exact) mass is 345 g/mol. The van der Waals surface area contributed by atoms with E-state index in [1.54, 1.807) is 35.1 Å². The molecule has 0 atom stereocenters. The molecule has 0 aliphatic carbocycles. The predicted octanol–water partition coefficient (Wildman–Crippen LogP) is 2.75. The van der Waals surface area contributed by atoms with Crippen molar-refractivity contribution >= 4 is 22.7 Å². The second-order valence-electron chi connectivity index (χ2n) is 5.62. The van der Waals surface area contributed by atoms with Gasteiger partial charge >= 0.3 is 5.97 Å². The van der Waals surface area contributed by atoms with Gasteiger partial charge in [0.15, 0.2) is 12.4 Å². The third kappa shape index (κ3) is 3.10. The predicted molar refractivity (Wildman–Crippen MR) is 96.6 cm³/mol. The van der Waals surface area contributed by atoms with Crippen LogP contribution in [0, 0.1) is 0 Å². The van der Waals surface area contributed by atoms with Gasteiger partial charge in [-0.1, -0.05) is 12.1 Å². The Hall–Kier alpha value is -3.74. The van der Waals surface area contributed by atoms with Crippen molar-refractivity contribution in [3.63, 3.8) is 0 Å². The summed E-state index contributed by atoms with van der Waals surface area (Å²) in [6, 6.07) is 16.2. The second kappa shape index (κ2) is 6.64. The van der Waals surface area contributed by atoms with Crippen molar-refractivity contribution < 1.29 is 9.53 Å². The first-order chi connectivity index (χ1) is 12.7. The quantitative estimate of drug-likeness (QED) is 0.571. The highest BCUT2D eigenvalue weighted by Gasteiger charge is 2.10. The van der Waals surface area contributed by atoms with Crippen LogP contribution < -0.4 is 5.73 Å². The Balaban J connectivity index is 1.47. The maximum Gasteiger partial charge on any atom is 0.338 e. The summed E-state index contributed by atoms with van der Waals surface area (Å²) < 4.78 is 7.02. The molecule has 0 saturated heterocycles. The molecule has 0 bridgehead atoms. The lowest BCUT2D eigenvalue weighted by Gasteiger charge is -2.07. The van der Waals surface area contributed by atoms with E-state index in [2.05, 4.69) is 15.1 Å². The minimum absolute atomic E-state index is 0.0469. The number of esters is 1. The zero-order chi connectivity index (χ0) is 17.9. The lowest BCUT2D eigenvalue weighted by molar-refractivity contribution is 0.0462. The number of nitrogens with zero attached hydrogens (tertiary/aromatic N) is 4. The Morgan fingerprint density at radius 2 is 1.85 bits per heavy atom. The summed E-state index contributed by atoms with van der Waals surface area (Å²) in [5.41, 5.74) is 7.95. The van der Waals surface area contributed by atoms with Gasteiger partial charge in [-0.05, 0) is 42.5 Å². The SMILES string of the molecule is Nc1nc(COC(=O)c2ccc(-n3cccn3)cc2)nc2ccccc12. The Morgan fingerprint density at radius 1 is 1.04 bits per heavy atom. The number of carbonyl (C=O) groups excluding carboxylic acids is 1. The van der Waals surface area contributed by atoms with E-state index in [0.717, 1.165) is 16.6 Å². The van der Waals surface area contributed by atoms with E-state index in [1.165, 1.54) is 0 Å². The van der Waals surface area contributed by atoms with Gasteiger partial charge in [-0.2, -0.15) is 5.10 Å². The van der Waals surface area contributed by atoms with Crippen molar-refractivity contribution in [3.05, 3.63) is 78.4 Å². The van der Waals surface area contributed by atoms with Crippen LogP contribution in [-0.4, -0.2) is 25.7 Å². The number of anilines is 1. The van der Waals surface area contributed by atoms with Crippen LogP contribution in [0.4, 0.5) is 5.82 Å². The summed E-state index contributed by atoms with van der Waals surface area (Å²) in [6.45, 7) is -0.0469. The molecule has 7 heteroatoms. The van der Waals surface area contributed by atoms with Crippen LogP contribution in [0.2, 0.25) is 0 Å². The molecular formula is C19H15N5O2. The number of rotatable bonds is 4. The summed E-state index contributed by atoms with van der Waals surface area (Å²) in [5.74, 6) is 0.278. The maximum atomic E-state index is 12.2. The number of hydrogen-bond donors (Lipinski definition) is 1. The van der Waals surface area contributed by atoms with Crippen LogP contribution in [0.15, 0.2) is 67.0 Å². The molecule has 2 heterocycles. The van der Waals surface area contributed by atoms with E-state index in [0.29, 0.717) is 17.2 Å². The van der Waals surface area contributed by atoms with Crippen LogP contribution >= 0.6 is 0 Å². The number of nitrogens with two attached hydrogens (primary N) is 1. The fourth-order valence-corrected chi connectivity index (χ4v) is 2.60. The summed E-state index contributed by atoms with van der Waals surface area (Å²) in [7, 11) is 0. The van der Waals surface area contributed by atoms with E-state index < -0.39 is 5.97 Å². The number of hydrogen-bond acceptors (Lipinski definition) is 6. The number of fused-ring (bicyclic) bond motifs is 1. The van der Waals surface area contributed by atoms with Gasteiger partial charge in [0.25, 0.3) is 0 Å². The average Bonchev–Trinajstić information content (AvgIpc) is 3.21. The third-order valence-corrected chi connectivity index (χ3v) is 3.88. The number of aromatic nitrogens is 4. The fraction of sp³-hybridized carbons (Fsp3) is 0.0526. The normalized spacial score (nSPS) is 10.8. The molecule has 4 aromatic rings. The highest BCUT2D eigenvalue weighted by Crippen LogP contribution is 2.17. The fourth-order valence-electron chi connectivity index (χ4n) is 2.60. The first-order valence-electron chi connectivity index (χ1n) is 7.99. The number of ether oxygens (including phenoxy) is 1. The van der Waals surface area contributed by atoms with Gasteiger partial charge in [0.2, 0.25) is 0 Å². The summed E-state index contributed by atoms with van der Waals surface area (Å²) >= 11 is 0. The average molecular weight is 345 g/mol. The van der Waals surface area contributed by atoms with Gasteiger partial charge in [-0.25, -0.2) is 19.4 Å². The van der Waals surface area contributed by atoms with E-state index in [1.807, 2.05) is 36.5 Å². The summed E-state index contributed by atoms with van der Waals surface area (Å²) in [4.78, 5) is 20.8. The Kier molecular flexibility index (Phi) is 4.03. The zero-order valence-corrected chi connectivity index (χ0v) is 13.7. The van der Waals surface area contributed by atoms with Crippen molar-refractivity contribution in [1.29, 1.82) is 0 Å². The minimum Gasteiger partial charge on any atom is -0.454 e. The van der Waals surface area contributed by atoms with Crippen LogP contribution in [0.1, 0.15) is 16.2 Å². The molecule has 4 rings (SSSR count). The number of carbonyl (C=O) groups is 1. The molecule has 128 valence electrons. The van der Waals surface area contributed by atoms with Crippen LogP contribution in [0.5, 0.6) is 0 Å². The molecule has 0 radical (unpaired) electrons. The first-order valence-corrected chi connectivity index (χ1v) is 7.99. The molecule has 2 aromatic heterocycles. The third-order valence-electron chi connectivity index (χ3n) is 3.88. The van der Waals surface area contributed by atoms with Crippen molar-refractivity contribution in [2.75, 3.05) is 5.73 Å². The van der Waals surface area contributed by atoms with Crippen molar-refractivity contribution in [3.8, 4) is 5.69 Å². The molecule has 0 unspecified atom stereocenters. The Labute approximate surface area is 149 Å². The van der Waals surface area contributed by atoms with Crippen LogP contribution in [0.3, 0.4) is 0 Å². The van der Waals surface area contributed by atoms with E-state index >= 15 is 0 Å². The van der Waals surface area contributed by atoms with E-state index in [4.69, 9.17) is 10.5 Å². The molecule has 2 aromatic carbocycles.